The van der Waals surface area contributed by atoms with Crippen LogP contribution in [0.1, 0.15) is 32.6 Å². The molecule has 0 aromatic heterocycles. The van der Waals surface area contributed by atoms with Gasteiger partial charge in [-0.2, -0.15) is 4.31 Å². The maximum atomic E-state index is 13.0. The summed E-state index contributed by atoms with van der Waals surface area (Å²) >= 11 is 0. The number of nitro groups is 1. The summed E-state index contributed by atoms with van der Waals surface area (Å²) in [5, 5.41) is 11.6. The lowest BCUT2D eigenvalue weighted by Gasteiger charge is -2.20. The van der Waals surface area contributed by atoms with Gasteiger partial charge in [0.15, 0.2) is 11.5 Å². The number of ether oxygens (including phenoxy) is 2. The molecule has 0 N–H and O–H groups in total. The van der Waals surface area contributed by atoms with Crippen LogP contribution in [0.4, 0.5) is 5.69 Å². The Bertz CT molecular complexity index is 969. The zero-order chi connectivity index (χ0) is 20.9. The van der Waals surface area contributed by atoms with Crippen LogP contribution < -0.4 is 9.47 Å². The number of hydrogen-bond acceptors (Lipinski definition) is 6. The minimum absolute atomic E-state index is 0.0445. The van der Waals surface area contributed by atoms with E-state index in [4.69, 9.17) is 9.47 Å². The lowest BCUT2D eigenvalue weighted by Crippen LogP contribution is -2.31. The molecule has 0 saturated carbocycles. The maximum absolute atomic E-state index is 13.0. The predicted molar refractivity (Wildman–Crippen MR) is 108 cm³/mol. The molecule has 156 valence electrons. The van der Waals surface area contributed by atoms with Crippen molar-refractivity contribution in [1.29, 1.82) is 0 Å². The zero-order valence-electron chi connectivity index (χ0n) is 16.2. The second kappa shape index (κ2) is 9.23. The van der Waals surface area contributed by atoms with Gasteiger partial charge in [-0.1, -0.05) is 25.0 Å². The van der Waals surface area contributed by atoms with Crippen molar-refractivity contribution in [3.8, 4) is 17.2 Å². The molecule has 2 aromatic rings. The molecular formula is C20H24N2O6S. The molecule has 1 fully saturated rings. The molecule has 0 atom stereocenters. The number of para-hydroxylation sites is 2. The van der Waals surface area contributed by atoms with Crippen molar-refractivity contribution < 1.29 is 22.8 Å². The lowest BCUT2D eigenvalue weighted by molar-refractivity contribution is -0.385. The molecule has 29 heavy (non-hydrogen) atoms. The Balaban J connectivity index is 1.94. The Labute approximate surface area is 170 Å². The first-order valence-corrected chi connectivity index (χ1v) is 11.1. The van der Waals surface area contributed by atoms with E-state index in [9.17, 15) is 18.5 Å². The number of sulfonamides is 1. The van der Waals surface area contributed by atoms with Gasteiger partial charge in [0.05, 0.1) is 16.4 Å². The molecule has 0 bridgehead atoms. The van der Waals surface area contributed by atoms with Gasteiger partial charge in [-0.3, -0.25) is 10.1 Å². The molecule has 1 aliphatic heterocycles. The molecule has 0 radical (unpaired) electrons. The Morgan fingerprint density at radius 2 is 1.66 bits per heavy atom. The van der Waals surface area contributed by atoms with Gasteiger partial charge in [0.2, 0.25) is 15.8 Å². The van der Waals surface area contributed by atoms with E-state index in [0.29, 0.717) is 31.2 Å². The van der Waals surface area contributed by atoms with Crippen LogP contribution >= 0.6 is 0 Å². The van der Waals surface area contributed by atoms with Gasteiger partial charge in [-0.15, -0.1) is 0 Å². The van der Waals surface area contributed by atoms with Gasteiger partial charge >= 0.3 is 5.69 Å². The van der Waals surface area contributed by atoms with E-state index in [-0.39, 0.29) is 10.6 Å². The van der Waals surface area contributed by atoms with Crippen LogP contribution in [0.2, 0.25) is 0 Å². The summed E-state index contributed by atoms with van der Waals surface area (Å²) in [5.74, 6) is 0.725. The quantitative estimate of drug-likeness (QED) is 0.488. The van der Waals surface area contributed by atoms with E-state index in [1.807, 2.05) is 6.92 Å². The van der Waals surface area contributed by atoms with Crippen molar-refractivity contribution in [3.63, 3.8) is 0 Å². The molecule has 0 aliphatic carbocycles. The third-order valence-electron chi connectivity index (χ3n) is 4.70. The average molecular weight is 420 g/mol. The van der Waals surface area contributed by atoms with E-state index >= 15 is 0 Å². The van der Waals surface area contributed by atoms with Crippen LogP contribution in [-0.4, -0.2) is 37.3 Å². The number of hydrogen-bond donors (Lipinski definition) is 0. The van der Waals surface area contributed by atoms with E-state index in [2.05, 4.69) is 0 Å². The highest BCUT2D eigenvalue weighted by Gasteiger charge is 2.28. The summed E-state index contributed by atoms with van der Waals surface area (Å²) in [6.07, 6.45) is 3.55. The normalized spacial score (nSPS) is 15.5. The molecule has 1 saturated heterocycles. The summed E-state index contributed by atoms with van der Waals surface area (Å²) in [5.41, 5.74) is -0.410. The molecule has 0 spiro atoms. The molecular weight excluding hydrogens is 396 g/mol. The van der Waals surface area contributed by atoms with Crippen LogP contribution in [0.5, 0.6) is 17.2 Å². The molecule has 3 rings (SSSR count). The average Bonchev–Trinajstić information content (AvgIpc) is 3.00. The number of benzene rings is 2. The fraction of sp³-hybridized carbons (Fsp3) is 0.400. The van der Waals surface area contributed by atoms with Gasteiger partial charge in [0, 0.05) is 19.2 Å². The van der Waals surface area contributed by atoms with Crippen molar-refractivity contribution >= 4 is 15.7 Å². The van der Waals surface area contributed by atoms with Crippen molar-refractivity contribution in [2.45, 2.75) is 37.5 Å². The van der Waals surface area contributed by atoms with E-state index < -0.39 is 20.6 Å². The van der Waals surface area contributed by atoms with Crippen LogP contribution in [0.25, 0.3) is 0 Å². The van der Waals surface area contributed by atoms with Gasteiger partial charge in [0.1, 0.15) is 0 Å². The molecule has 1 aliphatic rings. The molecule has 0 unspecified atom stereocenters. The Morgan fingerprint density at radius 3 is 2.28 bits per heavy atom. The molecule has 1 heterocycles. The summed E-state index contributed by atoms with van der Waals surface area (Å²) < 4.78 is 38.5. The molecule has 2 aromatic carbocycles. The van der Waals surface area contributed by atoms with Crippen LogP contribution in [0.3, 0.4) is 0 Å². The minimum Gasteiger partial charge on any atom is -0.490 e. The van der Waals surface area contributed by atoms with Gasteiger partial charge < -0.3 is 9.47 Å². The third kappa shape index (κ3) is 4.86. The molecule has 0 amide bonds. The highest BCUT2D eigenvalue weighted by molar-refractivity contribution is 7.89. The van der Waals surface area contributed by atoms with E-state index in [1.165, 1.54) is 16.4 Å². The SMILES string of the molecule is CCOc1ccccc1Oc1ccc(S(=O)(=O)N2CCCCCC2)cc1[N+](=O)[O-]. The fourth-order valence-electron chi connectivity index (χ4n) is 3.25. The number of rotatable bonds is 7. The largest absolute Gasteiger partial charge is 0.490 e. The maximum Gasteiger partial charge on any atom is 0.312 e. The van der Waals surface area contributed by atoms with Gasteiger partial charge in [-0.05, 0) is 44.0 Å². The second-order valence-corrected chi connectivity index (χ2v) is 8.62. The Hall–Kier alpha value is -2.65. The first-order chi connectivity index (χ1) is 13.9. The first-order valence-electron chi connectivity index (χ1n) is 9.61. The van der Waals surface area contributed by atoms with Gasteiger partial charge in [0.25, 0.3) is 0 Å². The smallest absolute Gasteiger partial charge is 0.312 e. The first kappa shape index (κ1) is 21.1. The van der Waals surface area contributed by atoms with Crippen molar-refractivity contribution in [1.82, 2.24) is 4.31 Å². The highest BCUT2D eigenvalue weighted by atomic mass is 32.2. The van der Waals surface area contributed by atoms with Crippen molar-refractivity contribution in [3.05, 3.63) is 52.6 Å². The Kier molecular flexibility index (Phi) is 6.71. The monoisotopic (exact) mass is 420 g/mol. The summed E-state index contributed by atoms with van der Waals surface area (Å²) in [6, 6.07) is 10.6. The van der Waals surface area contributed by atoms with Gasteiger partial charge in [-0.25, -0.2) is 8.42 Å². The van der Waals surface area contributed by atoms with E-state index in [1.54, 1.807) is 24.3 Å². The van der Waals surface area contributed by atoms with Crippen LogP contribution in [-0.2, 0) is 10.0 Å². The van der Waals surface area contributed by atoms with Crippen LogP contribution in [0, 0.1) is 10.1 Å². The van der Waals surface area contributed by atoms with Crippen molar-refractivity contribution in [2.24, 2.45) is 0 Å². The topological polar surface area (TPSA) is 99.0 Å². The van der Waals surface area contributed by atoms with Crippen LogP contribution in [0.15, 0.2) is 47.4 Å². The second-order valence-electron chi connectivity index (χ2n) is 6.69. The number of nitrogens with zero attached hydrogens (tertiary/aromatic N) is 2. The lowest BCUT2D eigenvalue weighted by atomic mass is 10.2. The predicted octanol–water partition coefficient (Wildman–Crippen LogP) is 4.35. The highest BCUT2D eigenvalue weighted by Crippen LogP contribution is 2.37. The summed E-state index contributed by atoms with van der Waals surface area (Å²) in [6.45, 7) is 3.09. The standard InChI is InChI=1S/C20H24N2O6S/c1-2-27-19-9-5-6-10-20(19)28-18-12-11-16(15-17(18)22(23)24)29(25,26)21-13-7-3-4-8-14-21/h5-6,9-12,15H,2-4,7-8,13-14H2,1H3. The van der Waals surface area contributed by atoms with E-state index in [0.717, 1.165) is 31.7 Å². The third-order valence-corrected chi connectivity index (χ3v) is 6.59. The Morgan fingerprint density at radius 1 is 1.00 bits per heavy atom. The summed E-state index contributed by atoms with van der Waals surface area (Å²) in [7, 11) is -3.80. The molecule has 9 heteroatoms. The minimum atomic E-state index is -3.80. The van der Waals surface area contributed by atoms with Crippen molar-refractivity contribution in [2.75, 3.05) is 19.7 Å². The summed E-state index contributed by atoms with van der Waals surface area (Å²) in [4.78, 5) is 10.9. The fourth-order valence-corrected chi connectivity index (χ4v) is 4.78. The molecule has 8 nitrogen and oxygen atoms in total. The zero-order valence-corrected chi connectivity index (χ0v) is 17.1. The number of nitro benzene ring substituents is 1.